The zero-order valence-electron chi connectivity index (χ0n) is 6.16. The molecule has 0 radical (unpaired) electrons. The van der Waals surface area contributed by atoms with E-state index in [1.165, 1.54) is 0 Å². The molecule has 0 aromatic rings. The molecule has 0 N–H and O–H groups in total. The van der Waals surface area contributed by atoms with Gasteiger partial charge in [0.05, 0.1) is 0 Å². The predicted molar refractivity (Wildman–Crippen MR) is 32.0 cm³/mol. The van der Waals surface area contributed by atoms with Gasteiger partial charge in [0.25, 0.3) is 0 Å². The fraction of sp³-hybridized carbons (Fsp3) is 1.00. The van der Waals surface area contributed by atoms with E-state index in [1.807, 2.05) is 0 Å². The molecular formula is C2H8O6P2Zn. The van der Waals surface area contributed by atoms with Gasteiger partial charge in [-0.15, -0.1) is 0 Å². The summed E-state index contributed by atoms with van der Waals surface area (Å²) in [4.78, 5) is 18.4. The van der Waals surface area contributed by atoms with Gasteiger partial charge in [-0.2, -0.15) is 0 Å². The molecule has 0 heterocycles. The molecule has 2 unspecified atom stereocenters. The van der Waals surface area contributed by atoms with E-state index in [0.29, 0.717) is 0 Å². The van der Waals surface area contributed by atoms with Crippen molar-refractivity contribution in [3.05, 3.63) is 0 Å². The molecule has 0 aliphatic heterocycles. The summed E-state index contributed by atoms with van der Waals surface area (Å²) in [5.41, 5.74) is 0. The summed E-state index contributed by atoms with van der Waals surface area (Å²) < 4.78 is 25.9. The van der Waals surface area contributed by atoms with Crippen molar-refractivity contribution in [1.29, 1.82) is 0 Å². The molecule has 0 rings (SSSR count). The van der Waals surface area contributed by atoms with Crippen molar-refractivity contribution in [2.24, 2.45) is 0 Å². The average molecular weight is 255 g/mol. The van der Waals surface area contributed by atoms with Crippen molar-refractivity contribution in [3.63, 3.8) is 0 Å². The molecule has 64 valence electrons. The summed E-state index contributed by atoms with van der Waals surface area (Å²) in [6, 6.07) is 0. The van der Waals surface area contributed by atoms with Crippen LogP contribution in [0.2, 0.25) is 0 Å². The van der Waals surface area contributed by atoms with Gasteiger partial charge in [0, 0.05) is 14.2 Å². The van der Waals surface area contributed by atoms with Gasteiger partial charge in [-0.3, -0.25) is 0 Å². The minimum atomic E-state index is -2.87. The van der Waals surface area contributed by atoms with E-state index < -0.39 is 16.5 Å². The van der Waals surface area contributed by atoms with Gasteiger partial charge in [0.2, 0.25) is 0 Å². The number of rotatable bonds is 2. The third kappa shape index (κ3) is 35.9. The Labute approximate surface area is 78.6 Å². The summed E-state index contributed by atoms with van der Waals surface area (Å²) >= 11 is 0. The second-order valence-corrected chi connectivity index (χ2v) is 2.72. The van der Waals surface area contributed by atoms with E-state index in [4.69, 9.17) is 0 Å². The summed E-state index contributed by atoms with van der Waals surface area (Å²) in [5.74, 6) is 0. The third-order valence-corrected chi connectivity index (χ3v) is 1.00. The van der Waals surface area contributed by atoms with Crippen LogP contribution in [0, 0.1) is 0 Å². The van der Waals surface area contributed by atoms with Crippen LogP contribution < -0.4 is 9.79 Å². The van der Waals surface area contributed by atoms with Crippen molar-refractivity contribution >= 4 is 16.5 Å². The van der Waals surface area contributed by atoms with E-state index in [2.05, 4.69) is 9.05 Å². The largest absolute Gasteiger partial charge is 2.00 e. The van der Waals surface area contributed by atoms with Gasteiger partial charge in [0.1, 0.15) is 16.5 Å². The van der Waals surface area contributed by atoms with Crippen LogP contribution in [0.3, 0.4) is 0 Å². The van der Waals surface area contributed by atoms with Crippen molar-refractivity contribution in [1.82, 2.24) is 0 Å². The molecule has 0 amide bonds. The molecule has 0 aliphatic carbocycles. The summed E-state index contributed by atoms with van der Waals surface area (Å²) in [6.07, 6.45) is 0. The van der Waals surface area contributed by atoms with Crippen molar-refractivity contribution < 1.29 is 47.4 Å². The Morgan fingerprint density at radius 3 is 1.09 bits per heavy atom. The zero-order valence-corrected chi connectivity index (χ0v) is 11.1. The Morgan fingerprint density at radius 1 is 1.00 bits per heavy atom. The van der Waals surface area contributed by atoms with Gasteiger partial charge >= 0.3 is 19.5 Å². The van der Waals surface area contributed by atoms with Crippen LogP contribution in [0.25, 0.3) is 0 Å². The summed E-state index contributed by atoms with van der Waals surface area (Å²) in [7, 11) is -3.51. The molecule has 0 bridgehead atoms. The van der Waals surface area contributed by atoms with Crippen LogP contribution in [0.5, 0.6) is 0 Å². The Hall–Kier alpha value is 0.923. The van der Waals surface area contributed by atoms with Crippen LogP contribution in [-0.2, 0) is 37.7 Å². The van der Waals surface area contributed by atoms with E-state index in [0.717, 1.165) is 14.2 Å². The zero-order chi connectivity index (χ0) is 8.57. The first-order chi connectivity index (χ1) is 4.54. The Morgan fingerprint density at radius 2 is 1.09 bits per heavy atom. The second-order valence-electron chi connectivity index (χ2n) is 0.908. The van der Waals surface area contributed by atoms with Crippen molar-refractivity contribution in [3.8, 4) is 0 Å². The first-order valence-electron chi connectivity index (χ1n) is 2.04. The smallest absolute Gasteiger partial charge is 0.781 e. The SMILES string of the molecule is CO[PH](=O)[O-].CO[PH](=O)[O-].[Zn+2]. The predicted octanol–water partition coefficient (Wildman–Crippen LogP) is -1.24. The third-order valence-electron chi connectivity index (χ3n) is 0.333. The van der Waals surface area contributed by atoms with Crippen molar-refractivity contribution in [2.75, 3.05) is 14.2 Å². The van der Waals surface area contributed by atoms with E-state index in [1.54, 1.807) is 0 Å². The van der Waals surface area contributed by atoms with Crippen LogP contribution in [0.4, 0.5) is 0 Å². The average Bonchev–Trinajstić information content (AvgIpc) is 1.89. The molecule has 2 atom stereocenters. The quantitative estimate of drug-likeness (QED) is 0.452. The molecule has 0 aromatic carbocycles. The Balaban J connectivity index is -0.000000107. The molecule has 6 nitrogen and oxygen atoms in total. The monoisotopic (exact) mass is 254 g/mol. The standard InChI is InChI=1S/2CH5O3P.Zn/c2*1-4-5(2)3;/h2*5H,1H3,(H,2,3);/q;;+2/p-2. The molecule has 0 aliphatic rings. The van der Waals surface area contributed by atoms with E-state index in [-0.39, 0.29) is 19.5 Å². The fourth-order valence-corrected chi connectivity index (χ4v) is 0. The first kappa shape index (κ1) is 17.9. The van der Waals surface area contributed by atoms with Crippen LogP contribution in [0.15, 0.2) is 0 Å². The van der Waals surface area contributed by atoms with Gasteiger partial charge < -0.3 is 28.0 Å². The van der Waals surface area contributed by atoms with Gasteiger partial charge in [-0.25, -0.2) is 0 Å². The Kier molecular flexibility index (Phi) is 21.9. The first-order valence-corrected chi connectivity index (χ1v) is 4.49. The van der Waals surface area contributed by atoms with Crippen molar-refractivity contribution in [2.45, 2.75) is 0 Å². The molecule has 11 heavy (non-hydrogen) atoms. The van der Waals surface area contributed by atoms with E-state index >= 15 is 0 Å². The van der Waals surface area contributed by atoms with Gasteiger partial charge in [-0.05, 0) is 0 Å². The summed E-state index contributed by atoms with van der Waals surface area (Å²) in [5, 5.41) is 0. The number of hydrogen-bond donors (Lipinski definition) is 0. The number of hydrogen-bond acceptors (Lipinski definition) is 6. The fourth-order valence-electron chi connectivity index (χ4n) is 0. The van der Waals surface area contributed by atoms with Gasteiger partial charge in [0.15, 0.2) is 0 Å². The van der Waals surface area contributed by atoms with Crippen LogP contribution in [0.1, 0.15) is 0 Å². The molecule has 0 saturated carbocycles. The molecule has 0 spiro atoms. The molecule has 9 heteroatoms. The molecule has 0 saturated heterocycles. The maximum absolute atomic E-state index is 9.22. The topological polar surface area (TPSA) is 98.7 Å². The minimum absolute atomic E-state index is 0. The van der Waals surface area contributed by atoms with Gasteiger partial charge in [-0.1, -0.05) is 0 Å². The maximum Gasteiger partial charge on any atom is 2.00 e. The summed E-state index contributed by atoms with van der Waals surface area (Å²) in [6.45, 7) is 0. The normalized spacial score (nSPS) is 13.5. The van der Waals surface area contributed by atoms with Crippen LogP contribution in [-0.4, -0.2) is 14.2 Å². The molecule has 0 aromatic heterocycles. The second kappa shape index (κ2) is 13.5. The minimum Gasteiger partial charge on any atom is -0.781 e. The van der Waals surface area contributed by atoms with Crippen LogP contribution >= 0.6 is 16.5 Å². The molecule has 0 fully saturated rings. The Bertz CT molecular complexity index is 103. The molecular weight excluding hydrogens is 247 g/mol. The van der Waals surface area contributed by atoms with E-state index in [9.17, 15) is 18.9 Å². The maximum atomic E-state index is 9.22.